The van der Waals surface area contributed by atoms with Crippen molar-refractivity contribution < 1.29 is 18.9 Å². The molecule has 1 aliphatic carbocycles. The SMILES string of the molecule is COc1ccc(C[C@H]2CO[C@@H]3[C@@H](I)CC4(CCC5(CC4)OCCO5)N23)cc1. The van der Waals surface area contributed by atoms with E-state index in [1.165, 1.54) is 12.0 Å². The topological polar surface area (TPSA) is 40.2 Å². The van der Waals surface area contributed by atoms with Gasteiger partial charge in [0.15, 0.2) is 5.79 Å². The van der Waals surface area contributed by atoms with Crippen molar-refractivity contribution >= 4 is 22.6 Å². The number of alkyl halides is 1. The number of benzene rings is 1. The lowest BCUT2D eigenvalue weighted by Crippen LogP contribution is -2.55. The molecule has 2 spiro atoms. The van der Waals surface area contributed by atoms with Crippen LogP contribution in [0.3, 0.4) is 0 Å². The van der Waals surface area contributed by atoms with Gasteiger partial charge in [-0.2, -0.15) is 0 Å². The molecule has 4 aliphatic rings. The van der Waals surface area contributed by atoms with Gasteiger partial charge in [0.05, 0.1) is 30.9 Å². The number of ether oxygens (including phenoxy) is 4. The van der Waals surface area contributed by atoms with Crippen molar-refractivity contribution in [2.75, 3.05) is 26.9 Å². The summed E-state index contributed by atoms with van der Waals surface area (Å²) >= 11 is 2.61. The molecule has 3 atom stereocenters. The first-order chi connectivity index (χ1) is 13.1. The maximum atomic E-state index is 6.29. The zero-order valence-corrected chi connectivity index (χ0v) is 18.0. The van der Waals surface area contributed by atoms with Crippen LogP contribution in [0.15, 0.2) is 24.3 Å². The quantitative estimate of drug-likeness (QED) is 0.484. The van der Waals surface area contributed by atoms with E-state index in [1.807, 2.05) is 0 Å². The molecule has 1 saturated carbocycles. The van der Waals surface area contributed by atoms with E-state index >= 15 is 0 Å². The Hall–Kier alpha value is -0.410. The van der Waals surface area contributed by atoms with E-state index in [4.69, 9.17) is 18.9 Å². The largest absolute Gasteiger partial charge is 0.497 e. The van der Waals surface area contributed by atoms with Gasteiger partial charge in [0, 0.05) is 24.4 Å². The van der Waals surface area contributed by atoms with Crippen molar-refractivity contribution in [2.24, 2.45) is 0 Å². The van der Waals surface area contributed by atoms with Crippen molar-refractivity contribution in [2.45, 2.75) is 66.0 Å². The minimum Gasteiger partial charge on any atom is -0.497 e. The predicted octanol–water partition coefficient (Wildman–Crippen LogP) is 3.53. The fraction of sp³-hybridized carbons (Fsp3) is 0.714. The molecule has 0 aromatic heterocycles. The number of hydrogen-bond acceptors (Lipinski definition) is 5. The summed E-state index contributed by atoms with van der Waals surface area (Å²) in [6.45, 7) is 2.32. The van der Waals surface area contributed by atoms with E-state index in [1.54, 1.807) is 7.11 Å². The molecule has 5 nitrogen and oxygen atoms in total. The third-order valence-electron chi connectivity index (χ3n) is 6.95. The first-order valence-corrected chi connectivity index (χ1v) is 11.3. The van der Waals surface area contributed by atoms with Crippen molar-refractivity contribution in [1.29, 1.82) is 0 Å². The Morgan fingerprint density at radius 3 is 2.48 bits per heavy atom. The lowest BCUT2D eigenvalue weighted by Gasteiger charge is -2.47. The van der Waals surface area contributed by atoms with Crippen LogP contribution in [0.4, 0.5) is 0 Å². The van der Waals surface area contributed by atoms with Crippen LogP contribution in [-0.4, -0.2) is 59.4 Å². The number of methoxy groups -OCH3 is 1. The average molecular weight is 485 g/mol. The van der Waals surface area contributed by atoms with Gasteiger partial charge < -0.3 is 18.9 Å². The maximum Gasteiger partial charge on any atom is 0.168 e. The minimum absolute atomic E-state index is 0.241. The van der Waals surface area contributed by atoms with Crippen molar-refractivity contribution in [1.82, 2.24) is 4.90 Å². The molecule has 3 saturated heterocycles. The van der Waals surface area contributed by atoms with E-state index in [0.29, 0.717) is 9.97 Å². The molecule has 0 N–H and O–H groups in total. The molecule has 0 unspecified atom stereocenters. The van der Waals surface area contributed by atoms with Gasteiger partial charge in [-0.25, -0.2) is 0 Å². The number of hydrogen-bond donors (Lipinski definition) is 0. The van der Waals surface area contributed by atoms with Gasteiger partial charge in [0.2, 0.25) is 0 Å². The van der Waals surface area contributed by atoms with Gasteiger partial charge in [0.1, 0.15) is 12.0 Å². The highest BCUT2D eigenvalue weighted by Crippen LogP contribution is 2.53. The average Bonchev–Trinajstić information content (AvgIpc) is 3.38. The monoisotopic (exact) mass is 485 g/mol. The standard InChI is InChI=1S/C21H28INO4/c1-24-17-4-2-15(3-5-17)12-16-14-25-19-18(22)13-20(23(16)19)6-8-21(9-7-20)26-10-11-27-21/h2-5,16,18-19H,6-14H2,1H3/t16-,18-,19+/m0/s1. The molecule has 0 bridgehead atoms. The fourth-order valence-corrected chi connectivity index (χ4v) is 6.99. The van der Waals surface area contributed by atoms with E-state index in [9.17, 15) is 0 Å². The van der Waals surface area contributed by atoms with Gasteiger partial charge in [-0.1, -0.05) is 34.7 Å². The van der Waals surface area contributed by atoms with Crippen LogP contribution in [0.2, 0.25) is 0 Å². The summed E-state index contributed by atoms with van der Waals surface area (Å²) < 4.78 is 24.1. The summed E-state index contributed by atoms with van der Waals surface area (Å²) in [5.74, 6) is 0.620. The van der Waals surface area contributed by atoms with Gasteiger partial charge >= 0.3 is 0 Å². The van der Waals surface area contributed by atoms with Crippen molar-refractivity contribution in [3.05, 3.63) is 29.8 Å². The molecular weight excluding hydrogens is 457 g/mol. The van der Waals surface area contributed by atoms with Crippen LogP contribution in [-0.2, 0) is 20.6 Å². The molecule has 3 heterocycles. The van der Waals surface area contributed by atoms with Gasteiger partial charge in [-0.3, -0.25) is 4.90 Å². The van der Waals surface area contributed by atoms with Crippen LogP contribution in [0, 0.1) is 0 Å². The summed E-state index contributed by atoms with van der Waals surface area (Å²) in [6, 6.07) is 8.94. The van der Waals surface area contributed by atoms with Crippen LogP contribution >= 0.6 is 22.6 Å². The fourth-order valence-electron chi connectivity index (χ4n) is 5.62. The maximum absolute atomic E-state index is 6.29. The Bertz CT molecular complexity index is 665. The normalized spacial score (nSPS) is 34.4. The molecular formula is C21H28INO4. The van der Waals surface area contributed by atoms with E-state index < -0.39 is 0 Å². The first-order valence-electron chi connectivity index (χ1n) is 10.1. The highest BCUT2D eigenvalue weighted by Gasteiger charge is 2.59. The molecule has 0 radical (unpaired) electrons. The van der Waals surface area contributed by atoms with Crippen LogP contribution < -0.4 is 4.74 Å². The Labute approximate surface area is 174 Å². The number of rotatable bonds is 3. The Kier molecular flexibility index (Phi) is 4.91. The lowest BCUT2D eigenvalue weighted by molar-refractivity contribution is -0.194. The third-order valence-corrected chi connectivity index (χ3v) is 8.00. The number of fused-ring (bicyclic) bond motifs is 2. The lowest BCUT2D eigenvalue weighted by atomic mass is 9.76. The molecule has 6 heteroatoms. The van der Waals surface area contributed by atoms with E-state index in [2.05, 4.69) is 51.8 Å². The van der Waals surface area contributed by atoms with E-state index in [0.717, 1.165) is 57.7 Å². The molecule has 148 valence electrons. The second kappa shape index (κ2) is 7.13. The smallest absolute Gasteiger partial charge is 0.168 e. The highest BCUT2D eigenvalue weighted by molar-refractivity contribution is 14.1. The van der Waals surface area contributed by atoms with Gasteiger partial charge in [-0.15, -0.1) is 0 Å². The highest BCUT2D eigenvalue weighted by atomic mass is 127. The second-order valence-corrected chi connectivity index (χ2v) is 9.99. The Morgan fingerprint density at radius 2 is 1.81 bits per heavy atom. The predicted molar refractivity (Wildman–Crippen MR) is 110 cm³/mol. The summed E-state index contributed by atoms with van der Waals surface area (Å²) in [5, 5.41) is 0. The Balaban J connectivity index is 1.34. The van der Waals surface area contributed by atoms with E-state index in [-0.39, 0.29) is 17.6 Å². The number of nitrogens with zero attached hydrogens (tertiary/aromatic N) is 1. The zero-order chi connectivity index (χ0) is 18.5. The Morgan fingerprint density at radius 1 is 1.11 bits per heavy atom. The summed E-state index contributed by atoms with van der Waals surface area (Å²) in [6.07, 6.45) is 6.81. The van der Waals surface area contributed by atoms with Crippen LogP contribution in [0.1, 0.15) is 37.7 Å². The van der Waals surface area contributed by atoms with Crippen molar-refractivity contribution in [3.63, 3.8) is 0 Å². The summed E-state index contributed by atoms with van der Waals surface area (Å²) in [7, 11) is 1.71. The first kappa shape index (κ1) is 18.6. The molecule has 3 aliphatic heterocycles. The summed E-state index contributed by atoms with van der Waals surface area (Å²) in [4.78, 5) is 2.73. The van der Waals surface area contributed by atoms with Crippen molar-refractivity contribution in [3.8, 4) is 5.75 Å². The van der Waals surface area contributed by atoms with Crippen LogP contribution in [0.5, 0.6) is 5.75 Å². The zero-order valence-electron chi connectivity index (χ0n) is 15.9. The van der Waals surface area contributed by atoms with Gasteiger partial charge in [-0.05, 0) is 43.4 Å². The second-order valence-electron chi connectivity index (χ2n) is 8.39. The molecule has 27 heavy (non-hydrogen) atoms. The molecule has 0 amide bonds. The molecule has 1 aromatic rings. The van der Waals surface area contributed by atoms with Gasteiger partial charge in [0.25, 0.3) is 0 Å². The molecule has 4 fully saturated rings. The minimum atomic E-state index is -0.295. The molecule has 5 rings (SSSR count). The number of halogens is 1. The summed E-state index contributed by atoms with van der Waals surface area (Å²) in [5.41, 5.74) is 1.59. The molecule has 1 aromatic carbocycles. The van der Waals surface area contributed by atoms with Crippen LogP contribution in [0.25, 0.3) is 0 Å². The third kappa shape index (κ3) is 3.21.